The number of nitrogens with zero attached hydrogens (tertiary/aromatic N) is 2. The molecule has 0 aliphatic carbocycles. The van der Waals surface area contributed by atoms with E-state index < -0.39 is 0 Å². The molecule has 1 saturated heterocycles. The van der Waals surface area contributed by atoms with E-state index in [-0.39, 0.29) is 17.8 Å². The van der Waals surface area contributed by atoms with Crippen molar-refractivity contribution in [2.24, 2.45) is 0 Å². The Bertz CT molecular complexity index is 668. The van der Waals surface area contributed by atoms with Gasteiger partial charge in [0.1, 0.15) is 10.8 Å². The van der Waals surface area contributed by atoms with Crippen molar-refractivity contribution in [2.75, 3.05) is 6.54 Å². The van der Waals surface area contributed by atoms with Crippen LogP contribution in [-0.4, -0.2) is 22.3 Å². The van der Waals surface area contributed by atoms with Crippen LogP contribution in [0.15, 0.2) is 29.6 Å². The number of piperidine rings is 1. The molecule has 1 aromatic carbocycles. The SMILES string of the molecule is Cc1csc([C@@H]2CCCCN2C(=O)CCc2ccc(F)cc2)n1. The molecule has 0 bridgehead atoms. The van der Waals surface area contributed by atoms with E-state index in [0.717, 1.165) is 42.1 Å². The van der Waals surface area contributed by atoms with Gasteiger partial charge in [0, 0.05) is 24.0 Å². The number of carbonyl (C=O) groups excluding carboxylic acids is 1. The first-order valence-corrected chi connectivity index (χ1v) is 8.97. The zero-order chi connectivity index (χ0) is 16.2. The largest absolute Gasteiger partial charge is 0.333 e. The summed E-state index contributed by atoms with van der Waals surface area (Å²) in [4.78, 5) is 19.2. The molecule has 0 saturated carbocycles. The van der Waals surface area contributed by atoms with Gasteiger partial charge in [0.2, 0.25) is 5.91 Å². The number of rotatable bonds is 4. The van der Waals surface area contributed by atoms with E-state index in [2.05, 4.69) is 4.98 Å². The third kappa shape index (κ3) is 3.96. The van der Waals surface area contributed by atoms with E-state index >= 15 is 0 Å². The van der Waals surface area contributed by atoms with Crippen LogP contribution in [0, 0.1) is 12.7 Å². The molecule has 5 heteroatoms. The van der Waals surface area contributed by atoms with Crippen molar-refractivity contribution in [3.05, 3.63) is 51.7 Å². The quantitative estimate of drug-likeness (QED) is 0.837. The van der Waals surface area contributed by atoms with Gasteiger partial charge in [-0.2, -0.15) is 0 Å². The van der Waals surface area contributed by atoms with Gasteiger partial charge in [0.15, 0.2) is 0 Å². The van der Waals surface area contributed by atoms with Crippen molar-refractivity contribution < 1.29 is 9.18 Å². The molecule has 1 fully saturated rings. The van der Waals surface area contributed by atoms with Crippen molar-refractivity contribution in [1.82, 2.24) is 9.88 Å². The summed E-state index contributed by atoms with van der Waals surface area (Å²) in [5.74, 6) is -0.0674. The molecule has 122 valence electrons. The molecule has 2 aromatic rings. The predicted octanol–water partition coefficient (Wildman–Crippen LogP) is 4.28. The Hall–Kier alpha value is -1.75. The summed E-state index contributed by atoms with van der Waals surface area (Å²) in [7, 11) is 0. The number of hydrogen-bond acceptors (Lipinski definition) is 3. The number of likely N-dealkylation sites (tertiary alicyclic amines) is 1. The van der Waals surface area contributed by atoms with Gasteiger partial charge in [-0.3, -0.25) is 4.79 Å². The highest BCUT2D eigenvalue weighted by atomic mass is 32.1. The fourth-order valence-corrected chi connectivity index (χ4v) is 4.00. The molecule has 3 rings (SSSR count). The number of thiazole rings is 1. The number of benzene rings is 1. The Kier molecular flexibility index (Phi) is 5.06. The first-order chi connectivity index (χ1) is 11.1. The number of hydrogen-bond donors (Lipinski definition) is 0. The van der Waals surface area contributed by atoms with Crippen LogP contribution in [0.3, 0.4) is 0 Å². The van der Waals surface area contributed by atoms with Crippen LogP contribution in [-0.2, 0) is 11.2 Å². The highest BCUT2D eigenvalue weighted by Gasteiger charge is 2.29. The predicted molar refractivity (Wildman–Crippen MR) is 89.9 cm³/mol. The van der Waals surface area contributed by atoms with Crippen molar-refractivity contribution >= 4 is 17.2 Å². The Balaban J connectivity index is 1.65. The fourth-order valence-electron chi connectivity index (χ4n) is 3.06. The third-order valence-electron chi connectivity index (χ3n) is 4.29. The van der Waals surface area contributed by atoms with Crippen LogP contribution in [0.5, 0.6) is 0 Å². The molecule has 0 unspecified atom stereocenters. The summed E-state index contributed by atoms with van der Waals surface area (Å²) in [5.41, 5.74) is 2.02. The van der Waals surface area contributed by atoms with Gasteiger partial charge in [-0.25, -0.2) is 9.37 Å². The molecule has 0 spiro atoms. The molecule has 23 heavy (non-hydrogen) atoms. The minimum Gasteiger partial charge on any atom is -0.333 e. The zero-order valence-corrected chi connectivity index (χ0v) is 14.1. The lowest BCUT2D eigenvalue weighted by molar-refractivity contribution is -0.135. The summed E-state index contributed by atoms with van der Waals surface area (Å²) < 4.78 is 12.9. The molecule has 3 nitrogen and oxygen atoms in total. The molecule has 1 amide bonds. The lowest BCUT2D eigenvalue weighted by Crippen LogP contribution is -2.38. The van der Waals surface area contributed by atoms with E-state index in [0.29, 0.717) is 12.8 Å². The highest BCUT2D eigenvalue weighted by molar-refractivity contribution is 7.09. The molecule has 1 aliphatic rings. The van der Waals surface area contributed by atoms with Crippen LogP contribution in [0.2, 0.25) is 0 Å². The lowest BCUT2D eigenvalue weighted by Gasteiger charge is -2.34. The minimum atomic E-state index is -0.240. The van der Waals surface area contributed by atoms with E-state index in [1.165, 1.54) is 12.1 Å². The average molecular weight is 332 g/mol. The zero-order valence-electron chi connectivity index (χ0n) is 13.3. The third-order valence-corrected chi connectivity index (χ3v) is 5.35. The monoisotopic (exact) mass is 332 g/mol. The second-order valence-electron chi connectivity index (χ2n) is 6.05. The van der Waals surface area contributed by atoms with Gasteiger partial charge < -0.3 is 4.90 Å². The Morgan fingerprint density at radius 3 is 2.83 bits per heavy atom. The van der Waals surface area contributed by atoms with Crippen molar-refractivity contribution in [3.63, 3.8) is 0 Å². The van der Waals surface area contributed by atoms with Crippen LogP contribution in [0.4, 0.5) is 4.39 Å². The Labute approximate surface area is 140 Å². The van der Waals surface area contributed by atoms with E-state index in [9.17, 15) is 9.18 Å². The summed E-state index contributed by atoms with van der Waals surface area (Å²) in [5, 5.41) is 3.10. The second kappa shape index (κ2) is 7.21. The number of aromatic nitrogens is 1. The van der Waals surface area contributed by atoms with Crippen LogP contribution < -0.4 is 0 Å². The molecule has 0 N–H and O–H groups in total. The average Bonchev–Trinajstić information content (AvgIpc) is 3.00. The van der Waals surface area contributed by atoms with Gasteiger partial charge in [-0.1, -0.05) is 12.1 Å². The number of aryl methyl sites for hydroxylation is 2. The number of halogens is 1. The number of amides is 1. The number of carbonyl (C=O) groups is 1. The summed E-state index contributed by atoms with van der Waals surface area (Å²) >= 11 is 1.65. The van der Waals surface area contributed by atoms with Gasteiger partial charge in [0.05, 0.1) is 6.04 Å². The van der Waals surface area contributed by atoms with E-state index in [4.69, 9.17) is 0 Å². The van der Waals surface area contributed by atoms with Crippen LogP contribution in [0.1, 0.15) is 48.0 Å². The van der Waals surface area contributed by atoms with Crippen LogP contribution >= 0.6 is 11.3 Å². The molecule has 1 aliphatic heterocycles. The fraction of sp³-hybridized carbons (Fsp3) is 0.444. The first-order valence-electron chi connectivity index (χ1n) is 8.09. The molecule has 1 aromatic heterocycles. The Morgan fingerprint density at radius 1 is 1.35 bits per heavy atom. The van der Waals surface area contributed by atoms with Crippen molar-refractivity contribution in [1.29, 1.82) is 0 Å². The van der Waals surface area contributed by atoms with Crippen molar-refractivity contribution in [2.45, 2.75) is 45.1 Å². The maximum absolute atomic E-state index is 12.9. The maximum Gasteiger partial charge on any atom is 0.223 e. The second-order valence-corrected chi connectivity index (χ2v) is 6.94. The van der Waals surface area contributed by atoms with Gasteiger partial charge in [-0.05, 0) is 50.3 Å². The molecule has 0 radical (unpaired) electrons. The lowest BCUT2D eigenvalue weighted by atomic mass is 10.0. The molecule has 1 atom stereocenters. The molecular formula is C18H21FN2OS. The summed E-state index contributed by atoms with van der Waals surface area (Å²) in [6.45, 7) is 2.80. The van der Waals surface area contributed by atoms with Crippen molar-refractivity contribution in [3.8, 4) is 0 Å². The standard InChI is InChI=1S/C18H21FN2OS/c1-13-12-23-18(20-13)16-4-2-3-11-21(16)17(22)10-7-14-5-8-15(19)9-6-14/h5-6,8-9,12,16H,2-4,7,10-11H2,1H3/t16-/m0/s1. The summed E-state index contributed by atoms with van der Waals surface area (Å²) in [6, 6.07) is 6.52. The normalized spacial score (nSPS) is 18.2. The first kappa shape index (κ1) is 16.1. The summed E-state index contributed by atoms with van der Waals surface area (Å²) in [6.07, 6.45) is 4.31. The maximum atomic E-state index is 12.9. The van der Waals surface area contributed by atoms with Gasteiger partial charge in [-0.15, -0.1) is 11.3 Å². The topological polar surface area (TPSA) is 33.2 Å². The van der Waals surface area contributed by atoms with Gasteiger partial charge >= 0.3 is 0 Å². The van der Waals surface area contributed by atoms with Gasteiger partial charge in [0.25, 0.3) is 0 Å². The van der Waals surface area contributed by atoms with E-state index in [1.54, 1.807) is 23.5 Å². The molecule has 2 heterocycles. The van der Waals surface area contributed by atoms with Crippen LogP contribution in [0.25, 0.3) is 0 Å². The van der Waals surface area contributed by atoms with E-state index in [1.807, 2.05) is 17.2 Å². The minimum absolute atomic E-state index is 0.128. The Morgan fingerprint density at radius 2 is 2.13 bits per heavy atom. The smallest absolute Gasteiger partial charge is 0.223 e. The highest BCUT2D eigenvalue weighted by Crippen LogP contribution is 2.33. The molecular weight excluding hydrogens is 311 g/mol.